The minimum Gasteiger partial charge on any atom is -0.420 e. The van der Waals surface area contributed by atoms with E-state index in [2.05, 4.69) is 23.7 Å². The fraction of sp³-hybridized carbons (Fsp3) is 0.381. The molecule has 0 aliphatic carbocycles. The molecule has 2 aliphatic heterocycles. The highest BCUT2D eigenvalue weighted by Crippen LogP contribution is 2.37. The Balaban J connectivity index is 1.56. The van der Waals surface area contributed by atoms with Gasteiger partial charge in [0.2, 0.25) is 6.23 Å². The highest BCUT2D eigenvalue weighted by molar-refractivity contribution is 6.10. The van der Waals surface area contributed by atoms with Gasteiger partial charge in [-0.3, -0.25) is 14.6 Å². The zero-order valence-corrected chi connectivity index (χ0v) is 16.1. The third-order valence-corrected chi connectivity index (χ3v) is 5.32. The Morgan fingerprint density at radius 3 is 2.46 bits per heavy atom. The van der Waals surface area contributed by atoms with Gasteiger partial charge in [-0.1, -0.05) is 24.3 Å². The van der Waals surface area contributed by atoms with E-state index in [0.717, 1.165) is 13.1 Å². The minimum absolute atomic E-state index is 0.211. The van der Waals surface area contributed by atoms with Crippen LogP contribution in [0.1, 0.15) is 36.0 Å². The van der Waals surface area contributed by atoms with Crippen molar-refractivity contribution in [1.82, 2.24) is 14.8 Å². The highest BCUT2D eigenvalue weighted by Gasteiger charge is 2.41. The van der Waals surface area contributed by atoms with E-state index in [4.69, 9.17) is 4.74 Å². The second kappa shape index (κ2) is 7.59. The summed E-state index contributed by atoms with van der Waals surface area (Å²) in [6, 6.07) is 13.0. The Hall–Kier alpha value is -2.93. The maximum Gasteiger partial charge on any atom is 0.412 e. The lowest BCUT2D eigenvalue weighted by molar-refractivity contribution is 0.0414. The molecule has 1 aromatic heterocycles. The SMILES string of the molecule is CC(C)N1CCN(C(=O)OC2c3ccccc3C(=O)N2c2ccccn2)CC1. The number of rotatable bonds is 3. The molecule has 0 bridgehead atoms. The average molecular weight is 380 g/mol. The molecule has 1 atom stereocenters. The normalized spacial score (nSPS) is 19.8. The summed E-state index contributed by atoms with van der Waals surface area (Å²) in [4.78, 5) is 35.6. The topological polar surface area (TPSA) is 66.0 Å². The molecule has 1 saturated heterocycles. The lowest BCUT2D eigenvalue weighted by atomic mass is 10.1. The van der Waals surface area contributed by atoms with E-state index in [9.17, 15) is 9.59 Å². The summed E-state index contributed by atoms with van der Waals surface area (Å²) in [5.41, 5.74) is 1.22. The molecule has 28 heavy (non-hydrogen) atoms. The van der Waals surface area contributed by atoms with Crippen molar-refractivity contribution in [3.63, 3.8) is 0 Å². The zero-order chi connectivity index (χ0) is 19.7. The molecule has 1 aromatic carbocycles. The lowest BCUT2D eigenvalue weighted by Gasteiger charge is -2.37. The number of piperazine rings is 1. The fourth-order valence-corrected chi connectivity index (χ4v) is 3.71. The number of carbonyl (C=O) groups excluding carboxylic acids is 2. The van der Waals surface area contributed by atoms with E-state index in [1.807, 2.05) is 24.3 Å². The molecule has 0 saturated carbocycles. The standard InChI is InChI=1S/C21H24N4O3/c1-15(2)23-11-13-24(14-12-23)21(27)28-20-17-8-4-3-7-16(17)19(26)25(20)18-9-5-6-10-22-18/h3-10,15,20H,11-14H2,1-2H3. The quantitative estimate of drug-likeness (QED) is 0.819. The second-order valence-electron chi connectivity index (χ2n) is 7.30. The van der Waals surface area contributed by atoms with E-state index in [1.54, 1.807) is 29.3 Å². The number of benzene rings is 1. The van der Waals surface area contributed by atoms with E-state index in [0.29, 0.717) is 36.1 Å². The summed E-state index contributed by atoms with van der Waals surface area (Å²) in [6.45, 7) is 7.17. The van der Waals surface area contributed by atoms with Crippen LogP contribution in [0.25, 0.3) is 0 Å². The number of hydrogen-bond acceptors (Lipinski definition) is 5. The first-order valence-electron chi connectivity index (χ1n) is 9.59. The van der Waals surface area contributed by atoms with E-state index < -0.39 is 12.3 Å². The van der Waals surface area contributed by atoms with Gasteiger partial charge in [-0.2, -0.15) is 0 Å². The Bertz CT molecular complexity index is 863. The molecule has 2 aliphatic rings. The van der Waals surface area contributed by atoms with Crippen LogP contribution in [0.3, 0.4) is 0 Å². The van der Waals surface area contributed by atoms with Gasteiger partial charge in [0, 0.05) is 49.5 Å². The van der Waals surface area contributed by atoms with Crippen LogP contribution in [-0.2, 0) is 4.74 Å². The molecule has 1 unspecified atom stereocenters. The van der Waals surface area contributed by atoms with E-state index >= 15 is 0 Å². The van der Waals surface area contributed by atoms with Crippen LogP contribution < -0.4 is 4.90 Å². The number of hydrogen-bond donors (Lipinski definition) is 0. The summed E-state index contributed by atoms with van der Waals surface area (Å²) in [7, 11) is 0. The van der Waals surface area contributed by atoms with E-state index in [-0.39, 0.29) is 5.91 Å². The first-order valence-corrected chi connectivity index (χ1v) is 9.59. The van der Waals surface area contributed by atoms with Gasteiger partial charge in [0.05, 0.1) is 0 Å². The van der Waals surface area contributed by atoms with E-state index in [1.165, 1.54) is 4.90 Å². The summed E-state index contributed by atoms with van der Waals surface area (Å²) < 4.78 is 5.84. The number of carbonyl (C=O) groups is 2. The molecule has 3 heterocycles. The summed E-state index contributed by atoms with van der Waals surface area (Å²) in [6.07, 6.45) is 0.406. The van der Waals surface area contributed by atoms with Crippen molar-refractivity contribution in [2.45, 2.75) is 26.1 Å². The number of amides is 2. The van der Waals surface area contributed by atoms with Crippen LogP contribution >= 0.6 is 0 Å². The fourth-order valence-electron chi connectivity index (χ4n) is 3.71. The summed E-state index contributed by atoms with van der Waals surface area (Å²) >= 11 is 0. The maximum absolute atomic E-state index is 13.0. The van der Waals surface area contributed by atoms with Crippen LogP contribution in [-0.4, -0.2) is 59.0 Å². The van der Waals surface area contributed by atoms with Gasteiger partial charge in [0.1, 0.15) is 5.82 Å². The van der Waals surface area contributed by atoms with Gasteiger partial charge in [-0.25, -0.2) is 9.78 Å². The molecule has 0 N–H and O–H groups in total. The number of aromatic nitrogens is 1. The first-order chi connectivity index (χ1) is 13.6. The summed E-state index contributed by atoms with van der Waals surface area (Å²) in [5.74, 6) is 0.253. The number of anilines is 1. The number of pyridine rings is 1. The third-order valence-electron chi connectivity index (χ3n) is 5.32. The molecule has 4 rings (SSSR count). The molecule has 7 nitrogen and oxygen atoms in total. The van der Waals surface area contributed by atoms with Crippen molar-refractivity contribution in [1.29, 1.82) is 0 Å². The van der Waals surface area contributed by atoms with Crippen LogP contribution in [0.2, 0.25) is 0 Å². The molecule has 146 valence electrons. The zero-order valence-electron chi connectivity index (χ0n) is 16.1. The average Bonchev–Trinajstić information content (AvgIpc) is 3.00. The van der Waals surface area contributed by atoms with Crippen molar-refractivity contribution in [3.05, 3.63) is 59.8 Å². The smallest absolute Gasteiger partial charge is 0.412 e. The van der Waals surface area contributed by atoms with Gasteiger partial charge in [0.25, 0.3) is 5.91 Å². The molecular weight excluding hydrogens is 356 g/mol. The van der Waals surface area contributed by atoms with Crippen LogP contribution in [0, 0.1) is 0 Å². The van der Waals surface area contributed by atoms with Crippen molar-refractivity contribution in [2.24, 2.45) is 0 Å². The number of fused-ring (bicyclic) bond motifs is 1. The Labute approximate surface area is 164 Å². The van der Waals surface area contributed by atoms with Crippen molar-refractivity contribution in [2.75, 3.05) is 31.1 Å². The Morgan fingerprint density at radius 1 is 1.07 bits per heavy atom. The predicted molar refractivity (Wildman–Crippen MR) is 105 cm³/mol. The predicted octanol–water partition coefficient (Wildman–Crippen LogP) is 2.90. The molecule has 0 radical (unpaired) electrons. The van der Waals surface area contributed by atoms with Gasteiger partial charge in [-0.05, 0) is 32.0 Å². The number of nitrogens with zero attached hydrogens (tertiary/aromatic N) is 4. The van der Waals surface area contributed by atoms with Gasteiger partial charge < -0.3 is 9.64 Å². The molecule has 1 fully saturated rings. The minimum atomic E-state index is -0.811. The van der Waals surface area contributed by atoms with Crippen molar-refractivity contribution in [3.8, 4) is 0 Å². The van der Waals surface area contributed by atoms with Crippen LogP contribution in [0.4, 0.5) is 10.6 Å². The monoisotopic (exact) mass is 380 g/mol. The van der Waals surface area contributed by atoms with Crippen LogP contribution in [0.15, 0.2) is 48.7 Å². The second-order valence-corrected chi connectivity index (χ2v) is 7.30. The van der Waals surface area contributed by atoms with Crippen molar-refractivity contribution >= 4 is 17.8 Å². The first kappa shape index (κ1) is 18.4. The molecule has 7 heteroatoms. The maximum atomic E-state index is 13.0. The van der Waals surface area contributed by atoms with Gasteiger partial charge in [-0.15, -0.1) is 0 Å². The van der Waals surface area contributed by atoms with Gasteiger partial charge in [0.15, 0.2) is 0 Å². The molecular formula is C21H24N4O3. The Kier molecular flexibility index (Phi) is 5.00. The summed E-state index contributed by atoms with van der Waals surface area (Å²) in [5, 5.41) is 0. The van der Waals surface area contributed by atoms with Crippen molar-refractivity contribution < 1.29 is 14.3 Å². The van der Waals surface area contributed by atoms with Crippen LogP contribution in [0.5, 0.6) is 0 Å². The lowest BCUT2D eigenvalue weighted by Crippen LogP contribution is -2.51. The Morgan fingerprint density at radius 2 is 1.79 bits per heavy atom. The third kappa shape index (κ3) is 3.33. The van der Waals surface area contributed by atoms with Gasteiger partial charge >= 0.3 is 6.09 Å². The number of ether oxygens (including phenoxy) is 1. The largest absolute Gasteiger partial charge is 0.420 e. The molecule has 0 spiro atoms. The molecule has 2 aromatic rings. The highest BCUT2D eigenvalue weighted by atomic mass is 16.6. The molecule has 2 amide bonds.